The van der Waals surface area contributed by atoms with Crippen LogP contribution in [0.2, 0.25) is 0 Å². The van der Waals surface area contributed by atoms with E-state index in [1.165, 1.54) is 0 Å². The van der Waals surface area contributed by atoms with Crippen LogP contribution < -0.4 is 15.9 Å². The van der Waals surface area contributed by atoms with Gasteiger partial charge in [-0.25, -0.2) is 0 Å². The highest BCUT2D eigenvalue weighted by Crippen LogP contribution is 2.36. The lowest BCUT2D eigenvalue weighted by atomic mass is 9.79. The summed E-state index contributed by atoms with van der Waals surface area (Å²) in [5.74, 6) is 0.705. The van der Waals surface area contributed by atoms with Gasteiger partial charge in [0.25, 0.3) is 0 Å². The van der Waals surface area contributed by atoms with E-state index in [0.29, 0.717) is 5.75 Å². The quantitative estimate of drug-likeness (QED) is 0.796. The van der Waals surface area contributed by atoms with Crippen molar-refractivity contribution < 1.29 is 19.2 Å². The number of nitrogens with two attached hydrogens (primary N) is 1. The zero-order valence-electron chi connectivity index (χ0n) is 14.0. The summed E-state index contributed by atoms with van der Waals surface area (Å²) in [5, 5.41) is 9.35. The number of aliphatic hydroxyl groups excluding tert-OH is 1. The number of aliphatic hydroxyl groups is 1. The lowest BCUT2D eigenvalue weighted by Crippen LogP contribution is -2.41. The summed E-state index contributed by atoms with van der Waals surface area (Å²) in [4.78, 5) is 0. The minimum Gasteiger partial charge on any atom is -0.492 e. The van der Waals surface area contributed by atoms with E-state index in [0.717, 1.165) is 5.46 Å². The molecule has 1 saturated heterocycles. The lowest BCUT2D eigenvalue weighted by molar-refractivity contribution is 0.00578. The summed E-state index contributed by atoms with van der Waals surface area (Å²) in [6.07, 6.45) is -0.593. The maximum Gasteiger partial charge on any atom is 0.494 e. The van der Waals surface area contributed by atoms with E-state index < -0.39 is 12.1 Å². The first-order valence-electron chi connectivity index (χ1n) is 7.64. The van der Waals surface area contributed by atoms with Gasteiger partial charge in [0.1, 0.15) is 12.4 Å². The number of rotatable bonds is 5. The fourth-order valence-corrected chi connectivity index (χ4v) is 2.03. The van der Waals surface area contributed by atoms with E-state index in [2.05, 4.69) is 0 Å². The maximum absolute atomic E-state index is 9.35. The fourth-order valence-electron chi connectivity index (χ4n) is 2.03. The van der Waals surface area contributed by atoms with Crippen LogP contribution in [0, 0.1) is 0 Å². The molecule has 0 saturated carbocycles. The third-order valence-electron chi connectivity index (χ3n) is 4.47. The number of ether oxygens (including phenoxy) is 1. The van der Waals surface area contributed by atoms with E-state index in [-0.39, 0.29) is 24.9 Å². The van der Waals surface area contributed by atoms with Gasteiger partial charge in [-0.05, 0) is 52.2 Å². The van der Waals surface area contributed by atoms with Crippen LogP contribution in [0.3, 0.4) is 0 Å². The predicted octanol–water partition coefficient (Wildman–Crippen LogP) is 1.07. The van der Waals surface area contributed by atoms with Crippen LogP contribution >= 0.6 is 0 Å². The molecule has 6 heteroatoms. The SMILES string of the molecule is C[C@@H](O)[C@H](N)COc1ccc(B2OC(C)(C)C(C)(C)O2)cc1. The molecule has 0 radical (unpaired) electrons. The van der Waals surface area contributed by atoms with Crippen molar-refractivity contribution >= 4 is 12.6 Å². The Morgan fingerprint density at radius 2 is 1.64 bits per heavy atom. The molecule has 1 aromatic rings. The van der Waals surface area contributed by atoms with Crippen molar-refractivity contribution in [2.75, 3.05) is 6.61 Å². The first-order chi connectivity index (χ1) is 10.1. The molecule has 22 heavy (non-hydrogen) atoms. The van der Waals surface area contributed by atoms with Gasteiger partial charge in [0.05, 0.1) is 23.3 Å². The summed E-state index contributed by atoms with van der Waals surface area (Å²) in [7, 11) is -0.376. The first kappa shape index (κ1) is 17.3. The van der Waals surface area contributed by atoms with Gasteiger partial charge < -0.3 is 24.9 Å². The van der Waals surface area contributed by atoms with Crippen LogP contribution in [0.1, 0.15) is 34.6 Å². The molecule has 2 rings (SSSR count). The second-order valence-corrected chi connectivity index (χ2v) is 6.87. The Labute approximate surface area is 132 Å². The van der Waals surface area contributed by atoms with Gasteiger partial charge in [-0.2, -0.15) is 0 Å². The Kier molecular flexibility index (Phi) is 4.87. The molecule has 1 aromatic carbocycles. The minimum absolute atomic E-state index is 0.271. The maximum atomic E-state index is 9.35. The van der Waals surface area contributed by atoms with Crippen LogP contribution in [-0.4, -0.2) is 42.2 Å². The fraction of sp³-hybridized carbons (Fsp3) is 0.625. The molecule has 0 aliphatic carbocycles. The third kappa shape index (κ3) is 3.63. The van der Waals surface area contributed by atoms with E-state index in [1.54, 1.807) is 6.92 Å². The van der Waals surface area contributed by atoms with E-state index in [1.807, 2.05) is 52.0 Å². The largest absolute Gasteiger partial charge is 0.494 e. The number of benzene rings is 1. The average Bonchev–Trinajstić information content (AvgIpc) is 2.65. The molecule has 1 fully saturated rings. The lowest BCUT2D eigenvalue weighted by Gasteiger charge is -2.32. The van der Waals surface area contributed by atoms with E-state index in [9.17, 15) is 5.11 Å². The molecule has 0 bridgehead atoms. The molecule has 122 valence electrons. The third-order valence-corrected chi connectivity index (χ3v) is 4.47. The molecular weight excluding hydrogens is 281 g/mol. The zero-order valence-corrected chi connectivity index (χ0v) is 14.0. The van der Waals surface area contributed by atoms with E-state index in [4.69, 9.17) is 19.8 Å². The van der Waals surface area contributed by atoms with Crippen molar-refractivity contribution in [2.45, 2.75) is 58.0 Å². The highest BCUT2D eigenvalue weighted by Gasteiger charge is 2.51. The monoisotopic (exact) mass is 307 g/mol. The Bertz CT molecular complexity index is 485. The zero-order chi connectivity index (χ0) is 16.5. The highest BCUT2D eigenvalue weighted by atomic mass is 16.7. The van der Waals surface area contributed by atoms with Crippen molar-refractivity contribution in [3.8, 4) is 5.75 Å². The van der Waals surface area contributed by atoms with Crippen molar-refractivity contribution in [3.05, 3.63) is 24.3 Å². The van der Waals surface area contributed by atoms with Crippen molar-refractivity contribution in [1.29, 1.82) is 0 Å². The minimum atomic E-state index is -0.593. The topological polar surface area (TPSA) is 73.9 Å². The molecular formula is C16H26BNO4. The van der Waals surface area contributed by atoms with Gasteiger partial charge in [-0.3, -0.25) is 0 Å². The molecule has 1 heterocycles. The molecule has 0 unspecified atom stereocenters. The van der Waals surface area contributed by atoms with Gasteiger partial charge in [0, 0.05) is 0 Å². The Hall–Kier alpha value is -1.08. The van der Waals surface area contributed by atoms with Crippen LogP contribution in [0.15, 0.2) is 24.3 Å². The second kappa shape index (κ2) is 6.20. The molecule has 1 aliphatic rings. The molecule has 0 amide bonds. The van der Waals surface area contributed by atoms with Crippen LogP contribution in [0.25, 0.3) is 0 Å². The van der Waals surface area contributed by atoms with Crippen LogP contribution in [0.4, 0.5) is 0 Å². The smallest absolute Gasteiger partial charge is 0.492 e. The average molecular weight is 307 g/mol. The number of hydrogen-bond donors (Lipinski definition) is 2. The molecule has 3 N–H and O–H groups in total. The molecule has 1 aliphatic heterocycles. The predicted molar refractivity (Wildman–Crippen MR) is 87.3 cm³/mol. The van der Waals surface area contributed by atoms with Gasteiger partial charge >= 0.3 is 7.12 Å². The molecule has 0 spiro atoms. The first-order valence-corrected chi connectivity index (χ1v) is 7.64. The molecule has 0 aromatic heterocycles. The summed E-state index contributed by atoms with van der Waals surface area (Å²) in [5.41, 5.74) is 5.99. The normalized spacial score (nSPS) is 22.4. The number of hydrogen-bond acceptors (Lipinski definition) is 5. The van der Waals surface area contributed by atoms with Gasteiger partial charge in [-0.15, -0.1) is 0 Å². The summed E-state index contributed by atoms with van der Waals surface area (Å²) < 4.78 is 17.6. The Morgan fingerprint density at radius 3 is 2.09 bits per heavy atom. The van der Waals surface area contributed by atoms with Crippen molar-refractivity contribution in [3.63, 3.8) is 0 Å². The van der Waals surface area contributed by atoms with Crippen LogP contribution in [-0.2, 0) is 9.31 Å². The van der Waals surface area contributed by atoms with Crippen molar-refractivity contribution in [2.24, 2.45) is 5.73 Å². The summed E-state index contributed by atoms with van der Waals surface area (Å²) in [6.45, 7) is 10.0. The second-order valence-electron chi connectivity index (χ2n) is 6.87. The van der Waals surface area contributed by atoms with Gasteiger partial charge in [0.2, 0.25) is 0 Å². The van der Waals surface area contributed by atoms with Crippen molar-refractivity contribution in [1.82, 2.24) is 0 Å². The molecule has 2 atom stereocenters. The Morgan fingerprint density at radius 1 is 1.14 bits per heavy atom. The summed E-state index contributed by atoms with van der Waals surface area (Å²) >= 11 is 0. The molecule has 5 nitrogen and oxygen atoms in total. The van der Waals surface area contributed by atoms with Gasteiger partial charge in [-0.1, -0.05) is 12.1 Å². The summed E-state index contributed by atoms with van der Waals surface area (Å²) in [6, 6.07) is 7.16. The van der Waals surface area contributed by atoms with Crippen LogP contribution in [0.5, 0.6) is 5.75 Å². The van der Waals surface area contributed by atoms with E-state index >= 15 is 0 Å². The highest BCUT2D eigenvalue weighted by molar-refractivity contribution is 6.62. The standard InChI is InChI=1S/C16H26BNO4/c1-11(19)14(18)10-20-13-8-6-12(7-9-13)17-21-15(2,3)16(4,5)22-17/h6-9,11,14,19H,10,18H2,1-5H3/t11-,14-/m1/s1. The van der Waals surface area contributed by atoms with Gasteiger partial charge in [0.15, 0.2) is 0 Å². The Balaban J connectivity index is 1.98.